The average Bonchev–Trinajstić information content (AvgIpc) is 3.44. The second kappa shape index (κ2) is 19.0. The molecule has 1 heterocycles. The van der Waals surface area contributed by atoms with E-state index in [0.29, 0.717) is 6.54 Å². The number of halogens is 1. The molecule has 1 N–H and O–H groups in total. The van der Waals surface area contributed by atoms with E-state index in [2.05, 4.69) is 53.0 Å². The molecular weight excluding hydrogens is 558 g/mol. The van der Waals surface area contributed by atoms with Crippen molar-refractivity contribution < 1.29 is 9.53 Å². The van der Waals surface area contributed by atoms with Crippen molar-refractivity contribution in [3.05, 3.63) is 71.3 Å². The number of amides is 2. The van der Waals surface area contributed by atoms with Crippen molar-refractivity contribution in [2.75, 3.05) is 24.4 Å². The highest BCUT2D eigenvalue weighted by Gasteiger charge is 2.16. The molecule has 2 amide bonds. The molecule has 5 nitrogen and oxygen atoms in total. The second-order valence-corrected chi connectivity index (χ2v) is 10.7. The van der Waals surface area contributed by atoms with Gasteiger partial charge in [0.05, 0.1) is 19.0 Å². The number of rotatable bonds is 17. The lowest BCUT2D eigenvalue weighted by molar-refractivity contribution is 0.248. The maximum Gasteiger partial charge on any atom is 0.321 e. The Balaban J connectivity index is 0.00000507. The molecule has 0 atom stereocenters. The lowest BCUT2D eigenvalue weighted by Crippen LogP contribution is -2.37. The number of carbonyl (C=O) groups is 1. The molecular formula is C31H46BrN3O2S. The molecule has 2 aromatic carbocycles. The first-order valence-corrected chi connectivity index (χ1v) is 15.1. The summed E-state index contributed by atoms with van der Waals surface area (Å²) in [7, 11) is 1.67. The third kappa shape index (κ3) is 11.7. The molecule has 210 valence electrons. The number of hydrogen-bond acceptors (Lipinski definition) is 4. The van der Waals surface area contributed by atoms with Gasteiger partial charge >= 0.3 is 6.03 Å². The smallest absolute Gasteiger partial charge is 0.321 e. The average molecular weight is 605 g/mol. The molecule has 0 spiro atoms. The van der Waals surface area contributed by atoms with Gasteiger partial charge in [-0.2, -0.15) is 0 Å². The fourth-order valence-electron chi connectivity index (χ4n) is 4.54. The molecule has 0 saturated carbocycles. The van der Waals surface area contributed by atoms with Gasteiger partial charge in [-0.05, 0) is 47.2 Å². The molecule has 0 aromatic heterocycles. The molecule has 0 radical (unpaired) electrons. The minimum atomic E-state index is -0.122. The van der Waals surface area contributed by atoms with Crippen molar-refractivity contribution in [1.82, 2.24) is 10.2 Å². The highest BCUT2D eigenvalue weighted by atomic mass is 79.9. The summed E-state index contributed by atoms with van der Waals surface area (Å²) in [5.74, 6) is 1.86. The zero-order valence-corrected chi connectivity index (χ0v) is 25.7. The second-order valence-electron chi connectivity index (χ2n) is 9.81. The molecule has 0 fully saturated rings. The van der Waals surface area contributed by atoms with E-state index in [4.69, 9.17) is 4.74 Å². The minimum Gasteiger partial charge on any atom is -0.494 e. The van der Waals surface area contributed by atoms with Crippen LogP contribution < -0.4 is 15.0 Å². The van der Waals surface area contributed by atoms with E-state index in [-0.39, 0.29) is 23.0 Å². The Morgan fingerprint density at radius 1 is 0.947 bits per heavy atom. The Morgan fingerprint density at radius 2 is 1.63 bits per heavy atom. The standard InChI is InChI=1S/C31H45N3O2S.BrH/c1-3-4-5-6-7-8-9-10-11-12-21-36-30-15-13-14-28(23-30)25-34(31(35)32-2)29-18-16-27(17-19-29)24-33-20-22-37-26-33;/h13-20,22-23H,3-12,21,24-26H2,1-2H3,(H,32,35);1H. The van der Waals surface area contributed by atoms with Gasteiger partial charge in [0.1, 0.15) is 5.75 Å². The number of nitrogens with one attached hydrogen (secondary N) is 1. The van der Waals surface area contributed by atoms with Crippen LogP contribution in [0.4, 0.5) is 10.5 Å². The third-order valence-electron chi connectivity index (χ3n) is 6.71. The lowest BCUT2D eigenvalue weighted by atomic mass is 10.1. The predicted octanol–water partition coefficient (Wildman–Crippen LogP) is 8.89. The Bertz CT molecular complexity index is 954. The number of hydrogen-bond donors (Lipinski definition) is 1. The largest absolute Gasteiger partial charge is 0.494 e. The van der Waals surface area contributed by atoms with Crippen LogP contribution in [-0.4, -0.2) is 30.5 Å². The van der Waals surface area contributed by atoms with E-state index in [9.17, 15) is 4.79 Å². The van der Waals surface area contributed by atoms with Gasteiger partial charge < -0.3 is 15.0 Å². The summed E-state index contributed by atoms with van der Waals surface area (Å²) >= 11 is 1.80. The lowest BCUT2D eigenvalue weighted by Gasteiger charge is -2.23. The van der Waals surface area contributed by atoms with E-state index in [0.717, 1.165) is 42.4 Å². The number of nitrogens with zero attached hydrogens (tertiary/aromatic N) is 2. The fraction of sp³-hybridized carbons (Fsp3) is 0.516. The van der Waals surface area contributed by atoms with Gasteiger partial charge in [-0.3, -0.25) is 4.90 Å². The minimum absolute atomic E-state index is 0. The number of unbranched alkanes of at least 4 members (excludes halogenated alkanes) is 9. The van der Waals surface area contributed by atoms with Crippen LogP contribution in [0, 0.1) is 0 Å². The van der Waals surface area contributed by atoms with Gasteiger partial charge in [0, 0.05) is 25.5 Å². The Hall–Kier alpha value is -2.12. The van der Waals surface area contributed by atoms with Crippen LogP contribution in [0.3, 0.4) is 0 Å². The van der Waals surface area contributed by atoms with E-state index in [1.807, 2.05) is 24.3 Å². The number of thioether (sulfide) groups is 1. The van der Waals surface area contributed by atoms with Crippen LogP contribution in [-0.2, 0) is 13.1 Å². The van der Waals surface area contributed by atoms with Crippen molar-refractivity contribution in [2.45, 2.75) is 84.2 Å². The Morgan fingerprint density at radius 3 is 2.26 bits per heavy atom. The van der Waals surface area contributed by atoms with Gasteiger partial charge in [0.2, 0.25) is 0 Å². The van der Waals surface area contributed by atoms with Gasteiger partial charge in [0.15, 0.2) is 0 Å². The predicted molar refractivity (Wildman–Crippen MR) is 168 cm³/mol. The molecule has 0 bridgehead atoms. The van der Waals surface area contributed by atoms with E-state index < -0.39 is 0 Å². The van der Waals surface area contributed by atoms with Crippen LogP contribution in [0.25, 0.3) is 0 Å². The monoisotopic (exact) mass is 603 g/mol. The molecule has 0 saturated heterocycles. The van der Waals surface area contributed by atoms with Crippen molar-refractivity contribution in [3.63, 3.8) is 0 Å². The third-order valence-corrected chi connectivity index (χ3v) is 7.50. The number of benzene rings is 2. The van der Waals surface area contributed by atoms with Crippen LogP contribution in [0.15, 0.2) is 60.1 Å². The zero-order chi connectivity index (χ0) is 26.1. The number of anilines is 1. The molecule has 7 heteroatoms. The SMILES string of the molecule is Br.CCCCCCCCCCCCOc1cccc(CN(C(=O)NC)c2ccc(CN3C=CSC3)cc2)c1. The van der Waals surface area contributed by atoms with Crippen LogP contribution in [0.2, 0.25) is 0 Å². The Kier molecular flexibility index (Phi) is 16.1. The van der Waals surface area contributed by atoms with Crippen molar-refractivity contribution >= 4 is 40.5 Å². The van der Waals surface area contributed by atoms with Gasteiger partial charge in [-0.25, -0.2) is 4.79 Å². The van der Waals surface area contributed by atoms with E-state index in [1.165, 1.54) is 63.4 Å². The molecule has 3 rings (SSSR count). The summed E-state index contributed by atoms with van der Waals surface area (Å²) in [6.45, 7) is 4.37. The Labute approximate surface area is 245 Å². The summed E-state index contributed by atoms with van der Waals surface area (Å²) in [4.78, 5) is 16.8. The topological polar surface area (TPSA) is 44.8 Å². The first kappa shape index (κ1) is 32.1. The molecule has 38 heavy (non-hydrogen) atoms. The normalized spacial score (nSPS) is 12.3. The quantitative estimate of drug-likeness (QED) is 0.183. The summed E-state index contributed by atoms with van der Waals surface area (Å²) in [6, 6.07) is 16.3. The maximum absolute atomic E-state index is 12.7. The van der Waals surface area contributed by atoms with Gasteiger partial charge in [0.25, 0.3) is 0 Å². The summed E-state index contributed by atoms with van der Waals surface area (Å²) < 4.78 is 6.04. The summed E-state index contributed by atoms with van der Waals surface area (Å²) in [5.41, 5.74) is 3.16. The molecule has 1 aliphatic heterocycles. The van der Waals surface area contributed by atoms with E-state index in [1.54, 1.807) is 23.7 Å². The number of ether oxygens (including phenoxy) is 1. The highest BCUT2D eigenvalue weighted by molar-refractivity contribution is 8.93. The van der Waals surface area contributed by atoms with Gasteiger partial charge in [-0.1, -0.05) is 89.0 Å². The van der Waals surface area contributed by atoms with Crippen LogP contribution in [0.1, 0.15) is 82.3 Å². The molecule has 2 aromatic rings. The van der Waals surface area contributed by atoms with Crippen molar-refractivity contribution in [1.29, 1.82) is 0 Å². The zero-order valence-electron chi connectivity index (χ0n) is 23.2. The van der Waals surface area contributed by atoms with E-state index >= 15 is 0 Å². The van der Waals surface area contributed by atoms with Gasteiger partial charge in [-0.15, -0.1) is 28.7 Å². The maximum atomic E-state index is 12.7. The number of carbonyl (C=O) groups excluding carboxylic acids is 1. The van der Waals surface area contributed by atoms with Crippen molar-refractivity contribution in [3.8, 4) is 5.75 Å². The fourth-order valence-corrected chi connectivity index (χ4v) is 5.25. The summed E-state index contributed by atoms with van der Waals surface area (Å²) in [5, 5.41) is 4.90. The highest BCUT2D eigenvalue weighted by Crippen LogP contribution is 2.23. The van der Waals surface area contributed by atoms with Crippen LogP contribution in [0.5, 0.6) is 5.75 Å². The summed E-state index contributed by atoms with van der Waals surface area (Å²) in [6.07, 6.45) is 15.3. The number of urea groups is 1. The van der Waals surface area contributed by atoms with Crippen LogP contribution >= 0.6 is 28.7 Å². The first-order valence-electron chi connectivity index (χ1n) is 14.0. The molecule has 0 aliphatic carbocycles. The first-order chi connectivity index (χ1) is 18.2. The van der Waals surface area contributed by atoms with Crippen molar-refractivity contribution in [2.24, 2.45) is 0 Å². The molecule has 0 unspecified atom stereocenters. The molecule has 1 aliphatic rings.